The molecule has 0 spiro atoms. The molecule has 0 aromatic rings. The zero-order valence-corrected chi connectivity index (χ0v) is 6.60. The lowest BCUT2D eigenvalue weighted by atomic mass is 10.1. The van der Waals surface area contributed by atoms with E-state index in [4.69, 9.17) is 5.11 Å². The van der Waals surface area contributed by atoms with Gasteiger partial charge in [0, 0.05) is 4.43 Å². The summed E-state index contributed by atoms with van der Waals surface area (Å²) < 4.78 is 0.758. The second-order valence-electron chi connectivity index (χ2n) is 1.88. The summed E-state index contributed by atoms with van der Waals surface area (Å²) >= 11 is 2.14. The molecule has 0 rings (SSSR count). The van der Waals surface area contributed by atoms with Crippen LogP contribution in [0.5, 0.6) is 0 Å². The molecular formula is C5H10IO. The zero-order chi connectivity index (χ0) is 5.91. The van der Waals surface area contributed by atoms with Gasteiger partial charge in [0.1, 0.15) is 0 Å². The van der Waals surface area contributed by atoms with Crippen LogP contribution in [-0.2, 0) is 0 Å². The minimum atomic E-state index is -0.541. The first-order chi connectivity index (χ1) is 3.12. The monoisotopic (exact) mass is 213 g/mol. The Hall–Kier alpha value is 0.690. The standard InChI is InChI=1S/C5H10IO/c1-3-5(2,7)4-6/h7H,1,3-4H2,2H3. The van der Waals surface area contributed by atoms with Crippen molar-refractivity contribution in [3.63, 3.8) is 0 Å². The summed E-state index contributed by atoms with van der Waals surface area (Å²) in [6.07, 6.45) is 0.593. The van der Waals surface area contributed by atoms with Crippen LogP contribution >= 0.6 is 22.6 Å². The normalized spacial score (nSPS) is 18.9. The Balaban J connectivity index is 3.36. The van der Waals surface area contributed by atoms with Crippen LogP contribution in [0.1, 0.15) is 13.3 Å². The molecule has 0 aliphatic rings. The molecule has 0 heterocycles. The molecule has 0 aliphatic heterocycles. The maximum atomic E-state index is 9.06. The summed E-state index contributed by atoms with van der Waals surface area (Å²) in [6, 6.07) is 0. The van der Waals surface area contributed by atoms with Gasteiger partial charge in [0.05, 0.1) is 5.60 Å². The van der Waals surface area contributed by atoms with Crippen LogP contribution in [0.2, 0.25) is 0 Å². The van der Waals surface area contributed by atoms with Gasteiger partial charge in [-0.15, -0.1) is 0 Å². The van der Waals surface area contributed by atoms with E-state index in [0.29, 0.717) is 6.42 Å². The Kier molecular flexibility index (Phi) is 3.15. The average molecular weight is 213 g/mol. The van der Waals surface area contributed by atoms with Gasteiger partial charge in [-0.1, -0.05) is 29.5 Å². The highest BCUT2D eigenvalue weighted by Crippen LogP contribution is 2.10. The summed E-state index contributed by atoms with van der Waals surface area (Å²) in [5.41, 5.74) is -0.541. The fraction of sp³-hybridized carbons (Fsp3) is 0.800. The third-order valence-corrected chi connectivity index (χ3v) is 2.47. The molecule has 0 saturated carbocycles. The van der Waals surface area contributed by atoms with Gasteiger partial charge >= 0.3 is 0 Å². The van der Waals surface area contributed by atoms with Crippen LogP contribution in [0.15, 0.2) is 0 Å². The molecule has 0 saturated heterocycles. The lowest BCUT2D eigenvalue weighted by molar-refractivity contribution is 0.0914. The molecule has 0 aromatic carbocycles. The van der Waals surface area contributed by atoms with Gasteiger partial charge < -0.3 is 5.11 Å². The Morgan fingerprint density at radius 3 is 2.29 bits per heavy atom. The molecule has 2 heteroatoms. The molecule has 43 valence electrons. The van der Waals surface area contributed by atoms with Crippen LogP contribution in [0, 0.1) is 6.92 Å². The van der Waals surface area contributed by atoms with Crippen LogP contribution < -0.4 is 0 Å². The van der Waals surface area contributed by atoms with Crippen molar-refractivity contribution in [1.29, 1.82) is 0 Å². The minimum Gasteiger partial charge on any atom is -0.389 e. The molecule has 0 amide bonds. The molecule has 1 unspecified atom stereocenters. The van der Waals surface area contributed by atoms with Gasteiger partial charge in [0.2, 0.25) is 0 Å². The van der Waals surface area contributed by atoms with Crippen molar-refractivity contribution in [3.05, 3.63) is 6.92 Å². The highest BCUT2D eigenvalue weighted by atomic mass is 127. The van der Waals surface area contributed by atoms with Gasteiger partial charge in [-0.05, 0) is 13.3 Å². The Morgan fingerprint density at radius 2 is 2.29 bits per heavy atom. The SMILES string of the molecule is [CH2]CC(C)(O)CI. The summed E-state index contributed by atoms with van der Waals surface area (Å²) in [6.45, 7) is 5.36. The second kappa shape index (κ2) is 2.87. The molecule has 0 aliphatic carbocycles. The molecule has 1 atom stereocenters. The molecular weight excluding hydrogens is 203 g/mol. The van der Waals surface area contributed by atoms with E-state index in [9.17, 15) is 0 Å². The number of alkyl halides is 1. The fourth-order valence-electron chi connectivity index (χ4n) is 0.0668. The highest BCUT2D eigenvalue weighted by molar-refractivity contribution is 14.1. The van der Waals surface area contributed by atoms with Gasteiger partial charge in [0.15, 0.2) is 0 Å². The van der Waals surface area contributed by atoms with E-state index in [1.807, 2.05) is 0 Å². The first kappa shape index (κ1) is 7.69. The van der Waals surface area contributed by atoms with E-state index < -0.39 is 5.60 Å². The summed E-state index contributed by atoms with van der Waals surface area (Å²) in [5, 5.41) is 9.06. The largest absolute Gasteiger partial charge is 0.389 e. The van der Waals surface area contributed by atoms with Crippen LogP contribution in [0.4, 0.5) is 0 Å². The van der Waals surface area contributed by atoms with Gasteiger partial charge in [0.25, 0.3) is 0 Å². The summed E-state index contributed by atoms with van der Waals surface area (Å²) in [5.74, 6) is 0. The van der Waals surface area contributed by atoms with E-state index in [-0.39, 0.29) is 0 Å². The molecule has 0 aromatic heterocycles. The highest BCUT2D eigenvalue weighted by Gasteiger charge is 2.13. The first-order valence-corrected chi connectivity index (χ1v) is 3.72. The predicted octanol–water partition coefficient (Wildman–Crippen LogP) is 1.40. The molecule has 1 radical (unpaired) electrons. The van der Waals surface area contributed by atoms with Crippen molar-refractivity contribution < 1.29 is 5.11 Å². The number of hydrogen-bond acceptors (Lipinski definition) is 1. The fourth-order valence-corrected chi connectivity index (χ4v) is 0.448. The van der Waals surface area contributed by atoms with Crippen molar-refractivity contribution in [1.82, 2.24) is 0 Å². The van der Waals surface area contributed by atoms with E-state index in [0.717, 1.165) is 4.43 Å². The summed E-state index contributed by atoms with van der Waals surface area (Å²) in [7, 11) is 0. The predicted molar refractivity (Wildman–Crippen MR) is 39.5 cm³/mol. The van der Waals surface area contributed by atoms with Crippen LogP contribution in [0.25, 0.3) is 0 Å². The number of rotatable bonds is 2. The van der Waals surface area contributed by atoms with Gasteiger partial charge in [-0.2, -0.15) is 0 Å². The van der Waals surface area contributed by atoms with Crippen molar-refractivity contribution >= 4 is 22.6 Å². The number of halogens is 1. The lowest BCUT2D eigenvalue weighted by Gasteiger charge is -2.16. The Labute approximate surface area is 58.3 Å². The second-order valence-corrected chi connectivity index (χ2v) is 2.64. The number of hydrogen-bond donors (Lipinski definition) is 1. The molecule has 0 fully saturated rings. The molecule has 1 nitrogen and oxygen atoms in total. The summed E-state index contributed by atoms with van der Waals surface area (Å²) in [4.78, 5) is 0. The lowest BCUT2D eigenvalue weighted by Crippen LogP contribution is -2.23. The Morgan fingerprint density at radius 1 is 1.86 bits per heavy atom. The number of aliphatic hydroxyl groups is 1. The van der Waals surface area contributed by atoms with E-state index >= 15 is 0 Å². The maximum Gasteiger partial charge on any atom is 0.0708 e. The van der Waals surface area contributed by atoms with Crippen LogP contribution in [0.3, 0.4) is 0 Å². The topological polar surface area (TPSA) is 20.2 Å². The molecule has 1 N–H and O–H groups in total. The zero-order valence-electron chi connectivity index (χ0n) is 4.45. The molecule has 0 bridgehead atoms. The van der Waals surface area contributed by atoms with Crippen molar-refractivity contribution in [2.45, 2.75) is 18.9 Å². The smallest absolute Gasteiger partial charge is 0.0708 e. The van der Waals surface area contributed by atoms with Crippen molar-refractivity contribution in [2.24, 2.45) is 0 Å². The molecule has 7 heavy (non-hydrogen) atoms. The van der Waals surface area contributed by atoms with Gasteiger partial charge in [-0.25, -0.2) is 0 Å². The average Bonchev–Trinajstić information content (AvgIpc) is 1.68. The Bertz CT molecular complexity index is 46.0. The van der Waals surface area contributed by atoms with Crippen molar-refractivity contribution in [3.8, 4) is 0 Å². The first-order valence-electron chi connectivity index (χ1n) is 2.20. The quantitative estimate of drug-likeness (QED) is 0.542. The van der Waals surface area contributed by atoms with Crippen molar-refractivity contribution in [2.75, 3.05) is 4.43 Å². The van der Waals surface area contributed by atoms with Crippen LogP contribution in [-0.4, -0.2) is 15.1 Å². The van der Waals surface area contributed by atoms with Gasteiger partial charge in [-0.3, -0.25) is 0 Å². The minimum absolute atomic E-state index is 0.541. The van der Waals surface area contributed by atoms with E-state index in [1.54, 1.807) is 6.92 Å². The van der Waals surface area contributed by atoms with E-state index in [1.165, 1.54) is 0 Å². The maximum absolute atomic E-state index is 9.06. The van der Waals surface area contributed by atoms with E-state index in [2.05, 4.69) is 29.5 Å². The third-order valence-electron chi connectivity index (χ3n) is 0.826. The third kappa shape index (κ3) is 3.29.